The van der Waals surface area contributed by atoms with E-state index in [0.29, 0.717) is 5.56 Å². The van der Waals surface area contributed by atoms with E-state index >= 15 is 0 Å². The molecule has 0 radical (unpaired) electrons. The lowest BCUT2D eigenvalue weighted by atomic mass is 10.0. The van der Waals surface area contributed by atoms with Crippen molar-refractivity contribution in [2.24, 2.45) is 5.92 Å². The van der Waals surface area contributed by atoms with Gasteiger partial charge in [-0.15, -0.1) is 0 Å². The Morgan fingerprint density at radius 1 is 1.39 bits per heavy atom. The van der Waals surface area contributed by atoms with Gasteiger partial charge in [-0.2, -0.15) is 0 Å². The lowest BCUT2D eigenvalue weighted by Crippen LogP contribution is -2.44. The minimum atomic E-state index is -1.02. The summed E-state index contributed by atoms with van der Waals surface area (Å²) in [6.45, 7) is 3.51. The third kappa shape index (κ3) is 3.94. The fraction of sp³-hybridized carbons (Fsp3) is 0.333. The van der Waals surface area contributed by atoms with Gasteiger partial charge in [0, 0.05) is 8.04 Å². The molecule has 0 unspecified atom stereocenters. The number of rotatable bonds is 4. The third-order valence-electron chi connectivity index (χ3n) is 2.39. The van der Waals surface area contributed by atoms with Crippen LogP contribution in [0.3, 0.4) is 0 Å². The van der Waals surface area contributed by atoms with Crippen LogP contribution in [0.15, 0.2) is 22.7 Å². The van der Waals surface area contributed by atoms with Gasteiger partial charge in [0.05, 0.1) is 5.56 Å². The molecule has 6 heteroatoms. The highest BCUT2D eigenvalue weighted by atomic mass is 127. The molecule has 2 N–H and O–H groups in total. The zero-order valence-corrected chi connectivity index (χ0v) is 13.6. The van der Waals surface area contributed by atoms with Gasteiger partial charge in [0.25, 0.3) is 5.91 Å². The summed E-state index contributed by atoms with van der Waals surface area (Å²) in [5, 5.41) is 11.6. The maximum absolute atomic E-state index is 12.0. The Labute approximate surface area is 127 Å². The molecular formula is C12H13BrINO3. The van der Waals surface area contributed by atoms with Crippen molar-refractivity contribution in [1.29, 1.82) is 0 Å². The van der Waals surface area contributed by atoms with E-state index < -0.39 is 12.0 Å². The summed E-state index contributed by atoms with van der Waals surface area (Å²) in [6.07, 6.45) is 0. The average molecular weight is 426 g/mol. The van der Waals surface area contributed by atoms with Crippen molar-refractivity contribution in [3.05, 3.63) is 31.8 Å². The number of benzene rings is 1. The number of carbonyl (C=O) groups is 2. The van der Waals surface area contributed by atoms with E-state index in [0.717, 1.165) is 8.04 Å². The Bertz CT molecular complexity index is 476. The minimum Gasteiger partial charge on any atom is -0.480 e. The van der Waals surface area contributed by atoms with Crippen molar-refractivity contribution in [3.8, 4) is 0 Å². The molecule has 1 rings (SSSR count). The SMILES string of the molecule is CC(C)[C@@H](NC(=O)c1cc(Br)ccc1I)C(=O)O. The molecule has 1 aromatic carbocycles. The quantitative estimate of drug-likeness (QED) is 0.729. The van der Waals surface area contributed by atoms with Crippen LogP contribution >= 0.6 is 38.5 Å². The maximum Gasteiger partial charge on any atom is 0.326 e. The highest BCUT2D eigenvalue weighted by molar-refractivity contribution is 14.1. The molecule has 1 aromatic rings. The molecule has 0 fully saturated rings. The minimum absolute atomic E-state index is 0.170. The number of nitrogens with one attached hydrogen (secondary N) is 1. The van der Waals surface area contributed by atoms with E-state index in [9.17, 15) is 9.59 Å². The number of hydrogen-bond acceptors (Lipinski definition) is 2. The summed E-state index contributed by atoms with van der Waals surface area (Å²) in [7, 11) is 0. The second kappa shape index (κ2) is 6.51. The van der Waals surface area contributed by atoms with Crippen LogP contribution in [0.5, 0.6) is 0 Å². The molecule has 0 aliphatic rings. The van der Waals surface area contributed by atoms with Crippen LogP contribution in [0.4, 0.5) is 0 Å². The first-order valence-electron chi connectivity index (χ1n) is 5.31. The van der Waals surface area contributed by atoms with E-state index in [4.69, 9.17) is 5.11 Å². The lowest BCUT2D eigenvalue weighted by Gasteiger charge is -2.18. The van der Waals surface area contributed by atoms with Crippen LogP contribution in [0.1, 0.15) is 24.2 Å². The van der Waals surface area contributed by atoms with E-state index in [-0.39, 0.29) is 11.8 Å². The third-order valence-corrected chi connectivity index (χ3v) is 3.83. The molecule has 98 valence electrons. The summed E-state index contributed by atoms with van der Waals surface area (Å²) >= 11 is 5.33. The molecule has 0 saturated carbocycles. The molecule has 1 amide bonds. The van der Waals surface area contributed by atoms with E-state index in [1.165, 1.54) is 0 Å². The van der Waals surface area contributed by atoms with Gasteiger partial charge in [-0.05, 0) is 46.7 Å². The number of hydrogen-bond donors (Lipinski definition) is 2. The molecule has 0 aromatic heterocycles. The average Bonchev–Trinajstić information content (AvgIpc) is 2.28. The number of carboxylic acids is 1. The van der Waals surface area contributed by atoms with Crippen LogP contribution in [-0.4, -0.2) is 23.0 Å². The van der Waals surface area contributed by atoms with Gasteiger partial charge < -0.3 is 10.4 Å². The molecule has 4 nitrogen and oxygen atoms in total. The van der Waals surface area contributed by atoms with Gasteiger partial charge in [0.1, 0.15) is 6.04 Å². The second-order valence-electron chi connectivity index (χ2n) is 4.16. The highest BCUT2D eigenvalue weighted by Gasteiger charge is 2.24. The Morgan fingerprint density at radius 3 is 2.50 bits per heavy atom. The van der Waals surface area contributed by atoms with Crippen LogP contribution in [0, 0.1) is 9.49 Å². The van der Waals surface area contributed by atoms with Gasteiger partial charge in [-0.1, -0.05) is 29.8 Å². The van der Waals surface area contributed by atoms with E-state index in [2.05, 4.69) is 21.2 Å². The molecule has 0 spiro atoms. The summed E-state index contributed by atoms with van der Waals surface area (Å²) in [5.41, 5.74) is 0.469. The second-order valence-corrected chi connectivity index (χ2v) is 6.24. The molecule has 0 aliphatic carbocycles. The zero-order chi connectivity index (χ0) is 13.9. The van der Waals surface area contributed by atoms with Crippen LogP contribution in [0.25, 0.3) is 0 Å². The Morgan fingerprint density at radius 2 is 2.00 bits per heavy atom. The molecule has 0 bridgehead atoms. The first-order chi connectivity index (χ1) is 8.32. The number of carboxylic acid groups (broad SMARTS) is 1. The molecule has 0 saturated heterocycles. The lowest BCUT2D eigenvalue weighted by molar-refractivity contribution is -0.140. The fourth-order valence-electron chi connectivity index (χ4n) is 1.40. The number of halogens is 2. The normalized spacial score (nSPS) is 12.3. The summed E-state index contributed by atoms with van der Waals surface area (Å²) in [6, 6.07) is 4.42. The van der Waals surface area contributed by atoms with Crippen molar-refractivity contribution in [3.63, 3.8) is 0 Å². The number of amides is 1. The summed E-state index contributed by atoms with van der Waals surface area (Å²) < 4.78 is 1.56. The van der Waals surface area contributed by atoms with Crippen molar-refractivity contribution in [1.82, 2.24) is 5.32 Å². The maximum atomic E-state index is 12.0. The largest absolute Gasteiger partial charge is 0.480 e. The first-order valence-corrected chi connectivity index (χ1v) is 7.18. The summed E-state index contributed by atoms with van der Waals surface area (Å²) in [4.78, 5) is 23.1. The molecule has 0 aliphatic heterocycles. The first kappa shape index (κ1) is 15.4. The van der Waals surface area contributed by atoms with E-state index in [1.807, 2.05) is 28.7 Å². The zero-order valence-electron chi connectivity index (χ0n) is 9.91. The molecule has 1 atom stereocenters. The highest BCUT2D eigenvalue weighted by Crippen LogP contribution is 2.18. The predicted molar refractivity (Wildman–Crippen MR) is 80.6 cm³/mol. The van der Waals surface area contributed by atoms with Crippen LogP contribution in [0.2, 0.25) is 0 Å². The van der Waals surface area contributed by atoms with Crippen molar-refractivity contribution >= 4 is 50.4 Å². The van der Waals surface area contributed by atoms with Gasteiger partial charge in [0.15, 0.2) is 0 Å². The van der Waals surface area contributed by atoms with Gasteiger partial charge in [0.2, 0.25) is 0 Å². The molecular weight excluding hydrogens is 413 g/mol. The van der Waals surface area contributed by atoms with Crippen molar-refractivity contribution < 1.29 is 14.7 Å². The predicted octanol–water partition coefficient (Wildman–Crippen LogP) is 2.89. The Balaban J connectivity index is 2.94. The topological polar surface area (TPSA) is 66.4 Å². The monoisotopic (exact) mass is 425 g/mol. The van der Waals surface area contributed by atoms with Gasteiger partial charge in [-0.25, -0.2) is 4.79 Å². The van der Waals surface area contributed by atoms with Crippen molar-refractivity contribution in [2.75, 3.05) is 0 Å². The van der Waals surface area contributed by atoms with Crippen LogP contribution in [-0.2, 0) is 4.79 Å². The smallest absolute Gasteiger partial charge is 0.326 e. The van der Waals surface area contributed by atoms with Crippen molar-refractivity contribution in [2.45, 2.75) is 19.9 Å². The van der Waals surface area contributed by atoms with Crippen LogP contribution < -0.4 is 5.32 Å². The van der Waals surface area contributed by atoms with E-state index in [1.54, 1.807) is 26.0 Å². The standard InChI is InChI=1S/C12H13BrINO3/c1-6(2)10(12(17)18)15-11(16)8-5-7(13)3-4-9(8)14/h3-6,10H,1-2H3,(H,15,16)(H,17,18)/t10-/m1/s1. The number of aliphatic carboxylic acids is 1. The molecule has 0 heterocycles. The number of carbonyl (C=O) groups excluding carboxylic acids is 1. The van der Waals surface area contributed by atoms with Gasteiger partial charge in [-0.3, -0.25) is 4.79 Å². The van der Waals surface area contributed by atoms with Gasteiger partial charge >= 0.3 is 5.97 Å². The molecule has 18 heavy (non-hydrogen) atoms. The Hall–Kier alpha value is -0.630. The summed E-state index contributed by atoms with van der Waals surface area (Å²) in [5.74, 6) is -1.57. The fourth-order valence-corrected chi connectivity index (χ4v) is 2.35. The Kier molecular flexibility index (Phi) is 5.58.